The summed E-state index contributed by atoms with van der Waals surface area (Å²) < 4.78 is 5.12. The molecule has 1 N–H and O–H groups in total. The number of hydrogen-bond acceptors (Lipinski definition) is 5. The molecule has 0 atom stereocenters. The fraction of sp³-hybridized carbons (Fsp3) is 0.316. The van der Waals surface area contributed by atoms with Crippen molar-refractivity contribution < 1.29 is 9.32 Å². The average molecular weight is 390 g/mol. The van der Waals surface area contributed by atoms with Crippen molar-refractivity contribution in [2.45, 2.75) is 40.2 Å². The molecule has 0 aliphatic heterocycles. The number of halogens is 1. The van der Waals surface area contributed by atoms with Crippen LogP contribution in [0.25, 0.3) is 11.3 Å². The van der Waals surface area contributed by atoms with E-state index in [-0.39, 0.29) is 5.91 Å². The van der Waals surface area contributed by atoms with Crippen LogP contribution in [0.2, 0.25) is 5.02 Å². The van der Waals surface area contributed by atoms with E-state index < -0.39 is 0 Å². The van der Waals surface area contributed by atoms with Crippen molar-refractivity contribution in [2.24, 2.45) is 0 Å². The van der Waals surface area contributed by atoms with Gasteiger partial charge in [-0.1, -0.05) is 28.9 Å². The summed E-state index contributed by atoms with van der Waals surface area (Å²) in [6.07, 6.45) is 1.03. The Bertz CT molecular complexity index is 896. The van der Waals surface area contributed by atoms with E-state index in [0.29, 0.717) is 24.4 Å². The van der Waals surface area contributed by atoms with Gasteiger partial charge in [-0.05, 0) is 39.3 Å². The van der Waals surface area contributed by atoms with Gasteiger partial charge in [0, 0.05) is 27.4 Å². The van der Waals surface area contributed by atoms with Gasteiger partial charge in [-0.2, -0.15) is 0 Å². The number of benzene rings is 1. The van der Waals surface area contributed by atoms with Gasteiger partial charge in [0.2, 0.25) is 5.91 Å². The molecule has 0 saturated heterocycles. The highest BCUT2D eigenvalue weighted by molar-refractivity contribution is 7.12. The first kappa shape index (κ1) is 18.6. The molecule has 0 saturated carbocycles. The molecular weight excluding hydrogens is 370 g/mol. The number of nitrogens with one attached hydrogen (secondary N) is 1. The summed E-state index contributed by atoms with van der Waals surface area (Å²) >= 11 is 7.53. The van der Waals surface area contributed by atoms with E-state index in [4.69, 9.17) is 16.1 Å². The predicted molar refractivity (Wildman–Crippen MR) is 103 cm³/mol. The number of thiazole rings is 1. The van der Waals surface area contributed by atoms with Crippen molar-refractivity contribution >= 4 is 28.8 Å². The number of amides is 1. The first-order chi connectivity index (χ1) is 12.4. The second-order valence-corrected chi connectivity index (χ2v) is 7.82. The highest BCUT2D eigenvalue weighted by Gasteiger charge is 2.13. The maximum absolute atomic E-state index is 12.1. The van der Waals surface area contributed by atoms with Gasteiger partial charge < -0.3 is 9.84 Å². The van der Waals surface area contributed by atoms with Crippen molar-refractivity contribution in [3.8, 4) is 11.3 Å². The van der Waals surface area contributed by atoms with Crippen LogP contribution >= 0.6 is 22.9 Å². The molecule has 0 unspecified atom stereocenters. The fourth-order valence-electron chi connectivity index (χ4n) is 2.76. The lowest BCUT2D eigenvalue weighted by molar-refractivity contribution is -0.121. The SMILES string of the molecule is Cc1noc(C)c1CCC(=O)NCc1nc(-c2ccc(Cl)cc2)c(C)s1. The number of hydrogen-bond donors (Lipinski definition) is 1. The molecule has 0 fully saturated rings. The van der Waals surface area contributed by atoms with E-state index in [1.807, 2.05) is 45.0 Å². The van der Waals surface area contributed by atoms with Crippen LogP contribution in [0.3, 0.4) is 0 Å². The molecule has 1 amide bonds. The van der Waals surface area contributed by atoms with Gasteiger partial charge in [0.25, 0.3) is 0 Å². The Morgan fingerprint density at radius 1 is 1.23 bits per heavy atom. The van der Waals surface area contributed by atoms with Crippen LogP contribution in [0.4, 0.5) is 0 Å². The molecule has 3 aromatic rings. The largest absolute Gasteiger partial charge is 0.361 e. The Morgan fingerprint density at radius 3 is 2.62 bits per heavy atom. The molecule has 0 aliphatic rings. The van der Waals surface area contributed by atoms with Crippen molar-refractivity contribution in [1.29, 1.82) is 0 Å². The molecule has 2 aromatic heterocycles. The Hall–Kier alpha value is -2.18. The molecule has 0 aliphatic carbocycles. The van der Waals surface area contributed by atoms with Gasteiger partial charge in [0.05, 0.1) is 17.9 Å². The van der Waals surface area contributed by atoms with Gasteiger partial charge in [0.1, 0.15) is 10.8 Å². The number of carbonyl (C=O) groups is 1. The Labute approximate surface area is 161 Å². The minimum atomic E-state index is -0.00843. The van der Waals surface area contributed by atoms with Gasteiger partial charge in [-0.3, -0.25) is 4.79 Å². The Kier molecular flexibility index (Phi) is 5.74. The molecule has 1 aromatic carbocycles. The third-order valence-corrected chi connectivity index (χ3v) is 5.40. The summed E-state index contributed by atoms with van der Waals surface area (Å²) in [4.78, 5) is 17.9. The van der Waals surface area contributed by atoms with E-state index in [9.17, 15) is 4.79 Å². The summed E-state index contributed by atoms with van der Waals surface area (Å²) in [6.45, 7) is 6.22. The zero-order chi connectivity index (χ0) is 18.7. The molecule has 136 valence electrons. The molecule has 7 heteroatoms. The zero-order valence-electron chi connectivity index (χ0n) is 14.9. The molecule has 2 heterocycles. The van der Waals surface area contributed by atoms with Crippen molar-refractivity contribution in [3.63, 3.8) is 0 Å². The fourth-order valence-corrected chi connectivity index (χ4v) is 3.78. The monoisotopic (exact) mass is 389 g/mol. The molecule has 5 nitrogen and oxygen atoms in total. The Balaban J connectivity index is 1.57. The van der Waals surface area contributed by atoms with Crippen LogP contribution in [0.5, 0.6) is 0 Å². The topological polar surface area (TPSA) is 68.0 Å². The summed E-state index contributed by atoms with van der Waals surface area (Å²) in [5.74, 6) is 0.768. The van der Waals surface area contributed by atoms with E-state index in [1.54, 1.807) is 11.3 Å². The minimum absolute atomic E-state index is 0.00843. The summed E-state index contributed by atoms with van der Waals surface area (Å²) in [6, 6.07) is 7.62. The van der Waals surface area contributed by atoms with Crippen LogP contribution in [0, 0.1) is 20.8 Å². The molecule has 0 radical (unpaired) electrons. The smallest absolute Gasteiger partial charge is 0.220 e. The molecule has 3 rings (SSSR count). The van der Waals surface area contributed by atoms with Gasteiger partial charge in [0.15, 0.2) is 0 Å². The van der Waals surface area contributed by atoms with Gasteiger partial charge in [-0.25, -0.2) is 4.98 Å². The second-order valence-electron chi connectivity index (χ2n) is 6.10. The zero-order valence-corrected chi connectivity index (χ0v) is 16.5. The third kappa shape index (κ3) is 4.31. The van der Waals surface area contributed by atoms with Crippen LogP contribution < -0.4 is 5.32 Å². The normalized spacial score (nSPS) is 10.9. The van der Waals surface area contributed by atoms with Crippen molar-refractivity contribution in [3.05, 3.63) is 56.2 Å². The van der Waals surface area contributed by atoms with Crippen LogP contribution in [-0.2, 0) is 17.8 Å². The maximum atomic E-state index is 12.1. The predicted octanol–water partition coefficient (Wildman–Crippen LogP) is 4.63. The first-order valence-corrected chi connectivity index (χ1v) is 9.54. The van der Waals surface area contributed by atoms with Crippen molar-refractivity contribution in [1.82, 2.24) is 15.5 Å². The molecular formula is C19H20ClN3O2S. The highest BCUT2D eigenvalue weighted by atomic mass is 35.5. The second kappa shape index (κ2) is 8.01. The van der Waals surface area contributed by atoms with E-state index in [2.05, 4.69) is 15.5 Å². The van der Waals surface area contributed by atoms with E-state index in [0.717, 1.165) is 38.2 Å². The standard InChI is InChI=1S/C19H20ClN3O2S/c1-11-16(12(2)25-23-11)8-9-17(24)21-10-18-22-19(13(3)26-18)14-4-6-15(20)7-5-14/h4-7H,8-10H2,1-3H3,(H,21,24). The van der Waals surface area contributed by atoms with E-state index in [1.165, 1.54) is 0 Å². The Morgan fingerprint density at radius 2 is 1.96 bits per heavy atom. The third-order valence-electron chi connectivity index (χ3n) is 4.18. The van der Waals surface area contributed by atoms with Crippen LogP contribution in [0.1, 0.15) is 33.3 Å². The maximum Gasteiger partial charge on any atom is 0.220 e. The molecule has 0 spiro atoms. The van der Waals surface area contributed by atoms with Crippen LogP contribution in [-0.4, -0.2) is 16.0 Å². The number of rotatable bonds is 6. The summed E-state index contributed by atoms with van der Waals surface area (Å²) in [7, 11) is 0. The lowest BCUT2D eigenvalue weighted by atomic mass is 10.1. The lowest BCUT2D eigenvalue weighted by Crippen LogP contribution is -2.23. The number of aromatic nitrogens is 2. The van der Waals surface area contributed by atoms with Crippen LogP contribution in [0.15, 0.2) is 28.8 Å². The van der Waals surface area contributed by atoms with Gasteiger partial charge in [-0.15, -0.1) is 11.3 Å². The molecule has 0 bridgehead atoms. The molecule has 26 heavy (non-hydrogen) atoms. The summed E-state index contributed by atoms with van der Waals surface area (Å²) in [5.41, 5.74) is 3.82. The van der Waals surface area contributed by atoms with Gasteiger partial charge >= 0.3 is 0 Å². The highest BCUT2D eigenvalue weighted by Crippen LogP contribution is 2.28. The minimum Gasteiger partial charge on any atom is -0.361 e. The number of aryl methyl sites for hydroxylation is 3. The first-order valence-electron chi connectivity index (χ1n) is 8.34. The number of carbonyl (C=O) groups excluding carboxylic acids is 1. The summed E-state index contributed by atoms with van der Waals surface area (Å²) in [5, 5.41) is 8.44. The van der Waals surface area contributed by atoms with Crippen molar-refractivity contribution in [2.75, 3.05) is 0 Å². The average Bonchev–Trinajstić information content (AvgIpc) is 3.14. The quantitative estimate of drug-likeness (QED) is 0.667. The van der Waals surface area contributed by atoms with E-state index >= 15 is 0 Å². The lowest BCUT2D eigenvalue weighted by Gasteiger charge is -2.03. The number of nitrogens with zero attached hydrogens (tertiary/aromatic N) is 2.